The van der Waals surface area contributed by atoms with Crippen molar-refractivity contribution in [3.8, 4) is 11.1 Å². The van der Waals surface area contributed by atoms with E-state index in [1.54, 1.807) is 36.4 Å². The maximum absolute atomic E-state index is 14.6. The minimum Gasteiger partial charge on any atom is -0.431 e. The molecular weight excluding hydrogens is 449 g/mol. The van der Waals surface area contributed by atoms with Crippen LogP contribution in [-0.4, -0.2) is 30.6 Å². The summed E-state index contributed by atoms with van der Waals surface area (Å²) in [5.74, 6) is -1.01. The Hall–Kier alpha value is -2.64. The van der Waals surface area contributed by atoms with E-state index in [-0.39, 0.29) is 18.9 Å². The maximum Gasteiger partial charge on any atom is 0.511 e. The number of esters is 1. The molecule has 6 nitrogen and oxygen atoms in total. The van der Waals surface area contributed by atoms with Crippen LogP contribution in [0.3, 0.4) is 0 Å². The molecule has 33 heavy (non-hydrogen) atoms. The van der Waals surface area contributed by atoms with Gasteiger partial charge in [-0.05, 0) is 61.4 Å². The average Bonchev–Trinajstić information content (AvgIpc) is 2.74. The number of nitrogens with two attached hydrogens (primary N) is 1. The van der Waals surface area contributed by atoms with Crippen LogP contribution in [0.1, 0.15) is 51.0 Å². The molecule has 0 aliphatic heterocycles. The first-order chi connectivity index (χ1) is 15.8. The topological polar surface area (TPSA) is 87.9 Å². The van der Waals surface area contributed by atoms with Crippen molar-refractivity contribution in [2.75, 3.05) is 0 Å². The zero-order valence-electron chi connectivity index (χ0n) is 18.6. The molecular formula is C25H29ClFNO5. The molecule has 2 aromatic rings. The summed E-state index contributed by atoms with van der Waals surface area (Å²) >= 11 is 5.99. The Morgan fingerprint density at radius 2 is 1.88 bits per heavy atom. The van der Waals surface area contributed by atoms with Crippen LogP contribution < -0.4 is 5.73 Å². The molecule has 0 radical (unpaired) electrons. The quantitative estimate of drug-likeness (QED) is 0.383. The van der Waals surface area contributed by atoms with Gasteiger partial charge >= 0.3 is 12.1 Å². The molecule has 8 heteroatoms. The molecule has 1 saturated carbocycles. The summed E-state index contributed by atoms with van der Waals surface area (Å²) in [6.45, 7) is 1.44. The molecule has 0 heterocycles. The van der Waals surface area contributed by atoms with Gasteiger partial charge in [-0.15, -0.1) is 0 Å². The highest BCUT2D eigenvalue weighted by Crippen LogP contribution is 2.26. The fourth-order valence-corrected chi connectivity index (χ4v) is 4.09. The Kier molecular flexibility index (Phi) is 9.09. The molecule has 1 unspecified atom stereocenters. The van der Waals surface area contributed by atoms with E-state index in [1.165, 1.54) is 13.0 Å². The summed E-state index contributed by atoms with van der Waals surface area (Å²) in [4.78, 5) is 24.0. The second kappa shape index (κ2) is 12.0. The normalized spacial score (nSPS) is 16.0. The molecule has 2 atom stereocenters. The molecule has 178 valence electrons. The maximum atomic E-state index is 14.6. The van der Waals surface area contributed by atoms with Crippen LogP contribution in [0, 0.1) is 5.82 Å². The minimum absolute atomic E-state index is 0.108. The lowest BCUT2D eigenvalue weighted by molar-refractivity contribution is -0.169. The highest BCUT2D eigenvalue weighted by molar-refractivity contribution is 6.30. The third kappa shape index (κ3) is 8.02. The Morgan fingerprint density at radius 3 is 2.58 bits per heavy atom. The van der Waals surface area contributed by atoms with Gasteiger partial charge in [-0.1, -0.05) is 42.3 Å². The molecule has 1 aliphatic carbocycles. The minimum atomic E-state index is -1.09. The summed E-state index contributed by atoms with van der Waals surface area (Å²) in [7, 11) is 0. The van der Waals surface area contributed by atoms with Crippen LogP contribution in [0.25, 0.3) is 11.1 Å². The van der Waals surface area contributed by atoms with Crippen LogP contribution in [-0.2, 0) is 25.4 Å². The molecule has 0 aromatic heterocycles. The summed E-state index contributed by atoms with van der Waals surface area (Å²) < 4.78 is 29.9. The van der Waals surface area contributed by atoms with E-state index in [0.29, 0.717) is 21.7 Å². The smallest absolute Gasteiger partial charge is 0.431 e. The first-order valence-electron chi connectivity index (χ1n) is 11.2. The number of ether oxygens (including phenoxy) is 3. The zero-order chi connectivity index (χ0) is 23.8. The van der Waals surface area contributed by atoms with E-state index in [0.717, 1.165) is 32.1 Å². The van der Waals surface area contributed by atoms with Crippen molar-refractivity contribution >= 4 is 23.7 Å². The number of carbonyl (C=O) groups is 2. The molecule has 0 bridgehead atoms. The van der Waals surface area contributed by atoms with Crippen molar-refractivity contribution < 1.29 is 28.2 Å². The fraction of sp³-hybridized carbons (Fsp3) is 0.440. The van der Waals surface area contributed by atoms with Gasteiger partial charge in [0.2, 0.25) is 6.29 Å². The molecule has 2 N–H and O–H groups in total. The third-order valence-corrected chi connectivity index (χ3v) is 5.71. The number of rotatable bonds is 8. The van der Waals surface area contributed by atoms with Crippen LogP contribution in [0.4, 0.5) is 9.18 Å². The number of halogens is 2. The molecule has 0 saturated heterocycles. The Morgan fingerprint density at radius 1 is 1.12 bits per heavy atom. The van der Waals surface area contributed by atoms with E-state index >= 15 is 0 Å². The lowest BCUT2D eigenvalue weighted by Gasteiger charge is -2.22. The largest absolute Gasteiger partial charge is 0.511 e. The molecule has 0 spiro atoms. The van der Waals surface area contributed by atoms with Gasteiger partial charge < -0.3 is 19.9 Å². The number of carbonyl (C=O) groups excluding carboxylic acids is 2. The van der Waals surface area contributed by atoms with Gasteiger partial charge in [0.1, 0.15) is 11.9 Å². The van der Waals surface area contributed by atoms with Crippen molar-refractivity contribution in [3.63, 3.8) is 0 Å². The van der Waals surface area contributed by atoms with E-state index in [1.807, 2.05) is 0 Å². The van der Waals surface area contributed by atoms with E-state index < -0.39 is 30.3 Å². The monoisotopic (exact) mass is 477 g/mol. The standard InChI is InChI=1S/C25H29ClFNO5/c1-16(32-25(30)33-21-8-3-2-4-9-21)31-24(29)15-20(28)12-17-10-11-22(23(27)13-17)18-6-5-7-19(26)14-18/h5-7,10-11,13-14,16,20-21H,2-4,8-9,12,15,28H2,1H3/t16?,20-/m1/s1. The van der Waals surface area contributed by atoms with Gasteiger partial charge in [0.15, 0.2) is 0 Å². The van der Waals surface area contributed by atoms with Crippen LogP contribution in [0.15, 0.2) is 42.5 Å². The molecule has 1 fully saturated rings. The van der Waals surface area contributed by atoms with Gasteiger partial charge in [-0.25, -0.2) is 9.18 Å². The number of hydrogen-bond donors (Lipinski definition) is 1. The highest BCUT2D eigenvalue weighted by atomic mass is 35.5. The van der Waals surface area contributed by atoms with Gasteiger partial charge in [0.05, 0.1) is 6.42 Å². The Bertz CT molecular complexity index is 964. The Labute approximate surface area is 198 Å². The van der Waals surface area contributed by atoms with Gasteiger partial charge in [0, 0.05) is 23.6 Å². The lowest BCUT2D eigenvalue weighted by atomic mass is 9.98. The van der Waals surface area contributed by atoms with E-state index in [4.69, 9.17) is 31.5 Å². The molecule has 1 aliphatic rings. The van der Waals surface area contributed by atoms with Crippen molar-refractivity contribution in [2.45, 2.75) is 70.3 Å². The Balaban J connectivity index is 1.44. The second-order valence-corrected chi connectivity index (χ2v) is 8.73. The predicted octanol–water partition coefficient (Wildman–Crippen LogP) is 5.78. The summed E-state index contributed by atoms with van der Waals surface area (Å²) in [5, 5.41) is 0.525. The molecule has 2 aromatic carbocycles. The lowest BCUT2D eigenvalue weighted by Crippen LogP contribution is -2.30. The average molecular weight is 478 g/mol. The first-order valence-corrected chi connectivity index (χ1v) is 11.5. The molecule has 0 amide bonds. The summed E-state index contributed by atoms with van der Waals surface area (Å²) in [5.41, 5.74) is 7.81. The number of hydrogen-bond acceptors (Lipinski definition) is 6. The van der Waals surface area contributed by atoms with Gasteiger partial charge in [0.25, 0.3) is 0 Å². The van der Waals surface area contributed by atoms with Crippen molar-refractivity contribution in [1.82, 2.24) is 0 Å². The zero-order valence-corrected chi connectivity index (χ0v) is 19.4. The molecule has 3 rings (SSSR count). The summed E-state index contributed by atoms with van der Waals surface area (Å²) in [6, 6.07) is 11.2. The fourth-order valence-electron chi connectivity index (χ4n) is 3.90. The highest BCUT2D eigenvalue weighted by Gasteiger charge is 2.22. The van der Waals surface area contributed by atoms with E-state index in [2.05, 4.69) is 0 Å². The van der Waals surface area contributed by atoms with Gasteiger partial charge in [-0.2, -0.15) is 0 Å². The summed E-state index contributed by atoms with van der Waals surface area (Å²) in [6.07, 6.45) is 2.91. The SMILES string of the molecule is CC(OC(=O)C[C@H](N)Cc1ccc(-c2cccc(Cl)c2)c(F)c1)OC(=O)OC1CCCCC1. The van der Waals surface area contributed by atoms with E-state index in [9.17, 15) is 14.0 Å². The third-order valence-electron chi connectivity index (χ3n) is 5.47. The van der Waals surface area contributed by atoms with Crippen molar-refractivity contribution in [2.24, 2.45) is 5.73 Å². The van der Waals surface area contributed by atoms with Crippen molar-refractivity contribution in [1.29, 1.82) is 0 Å². The van der Waals surface area contributed by atoms with Crippen LogP contribution in [0.5, 0.6) is 0 Å². The number of benzene rings is 2. The van der Waals surface area contributed by atoms with Crippen LogP contribution in [0.2, 0.25) is 5.02 Å². The van der Waals surface area contributed by atoms with Gasteiger partial charge in [-0.3, -0.25) is 4.79 Å². The van der Waals surface area contributed by atoms with Crippen LogP contribution >= 0.6 is 11.6 Å². The predicted molar refractivity (Wildman–Crippen MR) is 123 cm³/mol. The second-order valence-electron chi connectivity index (χ2n) is 8.30. The van der Waals surface area contributed by atoms with Crippen molar-refractivity contribution in [3.05, 3.63) is 58.9 Å². The first kappa shape index (κ1) is 25.0.